The molecule has 0 radical (unpaired) electrons. The molecule has 27 heavy (non-hydrogen) atoms. The number of aromatic nitrogens is 2. The second kappa shape index (κ2) is 9.59. The van der Waals surface area contributed by atoms with Gasteiger partial charge in [0.1, 0.15) is 0 Å². The Labute approximate surface area is 174 Å². The Balaban J connectivity index is 1.59. The minimum absolute atomic E-state index is 0.0610. The van der Waals surface area contributed by atoms with Gasteiger partial charge in [-0.25, -0.2) is 0 Å². The van der Waals surface area contributed by atoms with Crippen LogP contribution in [0.3, 0.4) is 0 Å². The first-order valence-electron chi connectivity index (χ1n) is 8.60. The summed E-state index contributed by atoms with van der Waals surface area (Å²) in [5, 5.41) is 12.2. The third-order valence-corrected chi connectivity index (χ3v) is 6.36. The van der Waals surface area contributed by atoms with E-state index in [1.807, 2.05) is 29.5 Å². The van der Waals surface area contributed by atoms with Gasteiger partial charge in [-0.05, 0) is 46.9 Å². The van der Waals surface area contributed by atoms with Gasteiger partial charge in [0.05, 0.1) is 18.0 Å². The maximum absolute atomic E-state index is 12.8. The third kappa shape index (κ3) is 5.71. The highest BCUT2D eigenvalue weighted by Crippen LogP contribution is 2.23. The van der Waals surface area contributed by atoms with E-state index in [9.17, 15) is 4.79 Å². The largest absolute Gasteiger partial charge is 0.418 e. The first kappa shape index (κ1) is 20.2. The lowest BCUT2D eigenvalue weighted by Gasteiger charge is -2.23. The van der Waals surface area contributed by atoms with Gasteiger partial charge < -0.3 is 9.32 Å². The van der Waals surface area contributed by atoms with Crippen LogP contribution in [0.2, 0.25) is 0 Å². The molecular formula is C18H21BrN4O2S2. The Morgan fingerprint density at radius 3 is 2.81 bits per heavy atom. The van der Waals surface area contributed by atoms with Gasteiger partial charge >= 0.3 is 0 Å². The van der Waals surface area contributed by atoms with Crippen molar-refractivity contribution in [3.63, 3.8) is 0 Å². The number of amides is 1. The van der Waals surface area contributed by atoms with Crippen LogP contribution in [0.25, 0.3) is 10.8 Å². The Bertz CT molecular complexity index is 862. The van der Waals surface area contributed by atoms with Crippen molar-refractivity contribution in [1.82, 2.24) is 20.0 Å². The van der Waals surface area contributed by atoms with Crippen LogP contribution in [-0.4, -0.2) is 46.0 Å². The van der Waals surface area contributed by atoms with Gasteiger partial charge in [-0.2, -0.15) is 0 Å². The van der Waals surface area contributed by atoms with Crippen LogP contribution in [0.4, 0.5) is 0 Å². The molecule has 0 aliphatic heterocycles. The standard InChI is InChI=1S/C18H21BrN4O2S2/c1-3-6-23(10-16-20-21-18(25-16)15-5-4-7-26-15)17(24)11-22(2)9-14-8-13(19)12-27-14/h4-5,7-8,12H,3,6,9-11H2,1-2H3. The molecule has 0 spiro atoms. The Morgan fingerprint density at radius 2 is 2.15 bits per heavy atom. The molecule has 3 aromatic heterocycles. The smallest absolute Gasteiger partial charge is 0.257 e. The van der Waals surface area contributed by atoms with Crippen molar-refractivity contribution >= 4 is 44.5 Å². The number of nitrogens with zero attached hydrogens (tertiary/aromatic N) is 4. The Morgan fingerprint density at radius 1 is 1.30 bits per heavy atom. The van der Waals surface area contributed by atoms with Gasteiger partial charge in [0.15, 0.2) is 0 Å². The van der Waals surface area contributed by atoms with Gasteiger partial charge in [-0.15, -0.1) is 32.9 Å². The topological polar surface area (TPSA) is 62.5 Å². The first-order valence-corrected chi connectivity index (χ1v) is 11.2. The average Bonchev–Trinajstić information content (AvgIpc) is 3.36. The molecule has 6 nitrogen and oxygen atoms in total. The van der Waals surface area contributed by atoms with Crippen molar-refractivity contribution in [2.24, 2.45) is 0 Å². The van der Waals surface area contributed by atoms with Crippen molar-refractivity contribution in [3.8, 4) is 10.8 Å². The molecule has 3 aromatic rings. The van der Waals surface area contributed by atoms with Crippen LogP contribution in [0.15, 0.2) is 37.8 Å². The van der Waals surface area contributed by atoms with Gasteiger partial charge in [0, 0.05) is 27.8 Å². The summed E-state index contributed by atoms with van der Waals surface area (Å²) < 4.78 is 6.81. The number of carbonyl (C=O) groups is 1. The zero-order valence-corrected chi connectivity index (χ0v) is 18.4. The summed E-state index contributed by atoms with van der Waals surface area (Å²) in [6, 6.07) is 5.97. The summed E-state index contributed by atoms with van der Waals surface area (Å²) >= 11 is 6.70. The first-order chi connectivity index (χ1) is 13.0. The summed E-state index contributed by atoms with van der Waals surface area (Å²) in [7, 11) is 1.96. The molecule has 9 heteroatoms. The highest BCUT2D eigenvalue weighted by Gasteiger charge is 2.19. The van der Waals surface area contributed by atoms with E-state index in [-0.39, 0.29) is 5.91 Å². The maximum atomic E-state index is 12.8. The van der Waals surface area contributed by atoms with Crippen LogP contribution in [0.5, 0.6) is 0 Å². The van der Waals surface area contributed by atoms with Gasteiger partial charge in [0.25, 0.3) is 5.89 Å². The van der Waals surface area contributed by atoms with E-state index < -0.39 is 0 Å². The Kier molecular flexibility index (Phi) is 7.17. The SMILES string of the molecule is CCCN(Cc1nnc(-c2cccs2)o1)C(=O)CN(C)Cc1cc(Br)cs1. The van der Waals surface area contributed by atoms with Crippen LogP contribution in [0.1, 0.15) is 24.1 Å². The van der Waals surface area contributed by atoms with Crippen LogP contribution < -0.4 is 0 Å². The minimum atomic E-state index is 0.0610. The summed E-state index contributed by atoms with van der Waals surface area (Å²) in [6.07, 6.45) is 0.874. The fraction of sp³-hybridized carbons (Fsp3) is 0.389. The second-order valence-electron chi connectivity index (χ2n) is 6.20. The number of likely N-dealkylation sites (N-methyl/N-ethyl adjacent to an activating group) is 1. The molecule has 3 rings (SSSR count). The van der Waals surface area contributed by atoms with E-state index >= 15 is 0 Å². The maximum Gasteiger partial charge on any atom is 0.257 e. The molecule has 0 N–H and O–H groups in total. The third-order valence-electron chi connectivity index (χ3n) is 3.82. The second-order valence-corrected chi connectivity index (χ2v) is 9.06. The number of rotatable bonds is 9. The fourth-order valence-electron chi connectivity index (χ4n) is 2.63. The molecule has 1 amide bonds. The molecule has 0 fully saturated rings. The van der Waals surface area contributed by atoms with E-state index in [1.165, 1.54) is 4.88 Å². The summed E-state index contributed by atoms with van der Waals surface area (Å²) in [5.41, 5.74) is 0. The van der Waals surface area contributed by atoms with Crippen molar-refractivity contribution in [2.45, 2.75) is 26.4 Å². The highest BCUT2D eigenvalue weighted by molar-refractivity contribution is 9.10. The molecule has 3 heterocycles. The van der Waals surface area contributed by atoms with Crippen LogP contribution in [-0.2, 0) is 17.9 Å². The molecule has 0 saturated carbocycles. The summed E-state index contributed by atoms with van der Waals surface area (Å²) in [4.78, 5) is 18.7. The predicted molar refractivity (Wildman–Crippen MR) is 112 cm³/mol. The van der Waals surface area contributed by atoms with Crippen LogP contribution >= 0.6 is 38.6 Å². The quantitative estimate of drug-likeness (QED) is 0.462. The average molecular weight is 469 g/mol. The van der Waals surface area contributed by atoms with Crippen molar-refractivity contribution in [1.29, 1.82) is 0 Å². The molecule has 0 aromatic carbocycles. The molecule has 0 aliphatic rings. The zero-order valence-electron chi connectivity index (χ0n) is 15.2. The monoisotopic (exact) mass is 468 g/mol. The van der Waals surface area contributed by atoms with E-state index in [4.69, 9.17) is 4.42 Å². The van der Waals surface area contributed by atoms with Crippen molar-refractivity contribution in [3.05, 3.63) is 44.2 Å². The number of hydrogen-bond acceptors (Lipinski definition) is 7. The number of thiophene rings is 2. The highest BCUT2D eigenvalue weighted by atomic mass is 79.9. The fourth-order valence-corrected chi connectivity index (χ4v) is 4.81. The van der Waals surface area contributed by atoms with E-state index in [0.29, 0.717) is 31.4 Å². The lowest BCUT2D eigenvalue weighted by molar-refractivity contribution is -0.133. The Hall–Kier alpha value is -1.55. The number of carbonyl (C=O) groups excluding carboxylic acids is 1. The molecule has 0 bridgehead atoms. The lowest BCUT2D eigenvalue weighted by atomic mass is 10.3. The van der Waals surface area contributed by atoms with Gasteiger partial charge in [-0.1, -0.05) is 13.0 Å². The molecule has 0 unspecified atom stereocenters. The summed E-state index contributed by atoms with van der Waals surface area (Å²) in [5.74, 6) is 1.03. The summed E-state index contributed by atoms with van der Waals surface area (Å²) in [6.45, 7) is 4.14. The van der Waals surface area contributed by atoms with E-state index in [0.717, 1.165) is 22.3 Å². The van der Waals surface area contributed by atoms with Gasteiger partial charge in [-0.3, -0.25) is 9.69 Å². The van der Waals surface area contributed by atoms with Crippen molar-refractivity contribution in [2.75, 3.05) is 20.1 Å². The molecular weight excluding hydrogens is 448 g/mol. The molecule has 0 aliphatic carbocycles. The normalized spacial score (nSPS) is 11.3. The predicted octanol–water partition coefficient (Wildman–Crippen LogP) is 4.49. The zero-order chi connectivity index (χ0) is 19.2. The van der Waals surface area contributed by atoms with Crippen molar-refractivity contribution < 1.29 is 9.21 Å². The molecule has 0 saturated heterocycles. The van der Waals surface area contributed by atoms with Gasteiger partial charge in [0.2, 0.25) is 11.8 Å². The van der Waals surface area contributed by atoms with Crippen LogP contribution in [0, 0.1) is 0 Å². The number of halogens is 1. The van der Waals surface area contributed by atoms with E-state index in [1.54, 1.807) is 27.6 Å². The number of hydrogen-bond donors (Lipinski definition) is 0. The lowest BCUT2D eigenvalue weighted by Crippen LogP contribution is -2.38. The molecule has 144 valence electrons. The minimum Gasteiger partial charge on any atom is -0.418 e. The van der Waals surface area contributed by atoms with E-state index in [2.05, 4.69) is 44.5 Å². The molecule has 0 atom stereocenters.